The van der Waals surface area contributed by atoms with E-state index in [9.17, 15) is 4.39 Å². The highest BCUT2D eigenvalue weighted by Crippen LogP contribution is 2.25. The van der Waals surface area contributed by atoms with Crippen molar-refractivity contribution in [3.05, 3.63) is 32.7 Å². The second-order valence-corrected chi connectivity index (χ2v) is 4.59. The van der Waals surface area contributed by atoms with Crippen molar-refractivity contribution in [3.8, 4) is 0 Å². The van der Waals surface area contributed by atoms with Gasteiger partial charge in [0.1, 0.15) is 0 Å². The first kappa shape index (κ1) is 10.2. The van der Waals surface area contributed by atoms with Crippen molar-refractivity contribution in [1.29, 1.82) is 0 Å². The molecule has 0 N–H and O–H groups in total. The molecule has 1 aromatic rings. The van der Waals surface area contributed by atoms with Gasteiger partial charge in [0.15, 0.2) is 0 Å². The molecule has 0 spiro atoms. The maximum Gasteiger partial charge on any atom is 0.0960 e. The van der Waals surface area contributed by atoms with Crippen LogP contribution in [0.5, 0.6) is 0 Å². The van der Waals surface area contributed by atoms with Crippen LogP contribution in [0.1, 0.15) is 18.4 Å². The number of benzene rings is 1. The van der Waals surface area contributed by atoms with Gasteiger partial charge in [-0.05, 0) is 23.8 Å². The minimum atomic E-state index is -0.317. The predicted molar refractivity (Wildman–Crippen MR) is 56.2 cm³/mol. The molecule has 66 valence electrons. The number of alkyl halides is 1. The molecule has 0 fully saturated rings. The molecule has 1 unspecified atom stereocenters. The molecule has 0 heterocycles. The molecule has 0 aliphatic carbocycles. The van der Waals surface area contributed by atoms with Gasteiger partial charge >= 0.3 is 0 Å². The van der Waals surface area contributed by atoms with E-state index in [2.05, 4.69) is 31.9 Å². The van der Waals surface area contributed by atoms with Crippen molar-refractivity contribution < 1.29 is 4.39 Å². The topological polar surface area (TPSA) is 0 Å². The normalized spacial score (nSPS) is 13.0. The standard InChI is InChI=1S/C9H9Br2F/c1-6(5-12)7-2-8(10)4-9(11)3-7/h2-4,6H,5H2,1H3. The number of hydrogen-bond donors (Lipinski definition) is 0. The Hall–Kier alpha value is 0.110. The van der Waals surface area contributed by atoms with Gasteiger partial charge in [-0.1, -0.05) is 38.8 Å². The monoisotopic (exact) mass is 294 g/mol. The van der Waals surface area contributed by atoms with Gasteiger partial charge in [0.25, 0.3) is 0 Å². The zero-order valence-electron chi connectivity index (χ0n) is 6.65. The third-order valence-electron chi connectivity index (χ3n) is 1.69. The summed E-state index contributed by atoms with van der Waals surface area (Å²) in [5.41, 5.74) is 1.01. The van der Waals surface area contributed by atoms with Gasteiger partial charge in [0, 0.05) is 14.9 Å². The van der Waals surface area contributed by atoms with Crippen molar-refractivity contribution in [2.75, 3.05) is 6.67 Å². The highest BCUT2D eigenvalue weighted by atomic mass is 79.9. The Morgan fingerprint density at radius 3 is 2.17 bits per heavy atom. The molecule has 0 saturated carbocycles. The maximum atomic E-state index is 12.3. The molecule has 3 heteroatoms. The Labute approximate surface area is 88.4 Å². The van der Waals surface area contributed by atoms with E-state index in [1.54, 1.807) is 0 Å². The molecule has 0 amide bonds. The maximum absolute atomic E-state index is 12.3. The van der Waals surface area contributed by atoms with E-state index >= 15 is 0 Å². The first-order valence-electron chi connectivity index (χ1n) is 3.65. The quantitative estimate of drug-likeness (QED) is 0.764. The molecule has 1 atom stereocenters. The summed E-state index contributed by atoms with van der Waals surface area (Å²) in [5.74, 6) is -0.0289. The van der Waals surface area contributed by atoms with Crippen molar-refractivity contribution in [2.24, 2.45) is 0 Å². The number of halogens is 3. The SMILES string of the molecule is CC(CF)c1cc(Br)cc(Br)c1. The molecule has 0 nitrogen and oxygen atoms in total. The van der Waals surface area contributed by atoms with Crippen molar-refractivity contribution in [3.63, 3.8) is 0 Å². The number of rotatable bonds is 2. The fourth-order valence-corrected chi connectivity index (χ4v) is 2.28. The molecule has 0 saturated heterocycles. The summed E-state index contributed by atoms with van der Waals surface area (Å²) < 4.78 is 14.3. The summed E-state index contributed by atoms with van der Waals surface area (Å²) in [4.78, 5) is 0. The van der Waals surface area contributed by atoms with E-state index in [-0.39, 0.29) is 12.6 Å². The Morgan fingerprint density at radius 2 is 1.75 bits per heavy atom. The highest BCUT2D eigenvalue weighted by molar-refractivity contribution is 9.11. The predicted octanol–water partition coefficient (Wildman–Crippen LogP) is 4.28. The van der Waals surface area contributed by atoms with Crippen molar-refractivity contribution in [2.45, 2.75) is 12.8 Å². The van der Waals surface area contributed by atoms with Gasteiger partial charge in [0.2, 0.25) is 0 Å². The summed E-state index contributed by atoms with van der Waals surface area (Å²) >= 11 is 6.72. The fraction of sp³-hybridized carbons (Fsp3) is 0.333. The second-order valence-electron chi connectivity index (χ2n) is 2.76. The molecular formula is C9H9Br2F. The molecular weight excluding hydrogens is 287 g/mol. The largest absolute Gasteiger partial charge is 0.250 e. The second kappa shape index (κ2) is 4.38. The van der Waals surface area contributed by atoms with Crippen LogP contribution in [0.15, 0.2) is 27.1 Å². The number of hydrogen-bond acceptors (Lipinski definition) is 0. The minimum Gasteiger partial charge on any atom is -0.250 e. The molecule has 0 bridgehead atoms. The summed E-state index contributed by atoms with van der Waals surface area (Å²) in [5, 5.41) is 0. The third kappa shape index (κ3) is 2.56. The lowest BCUT2D eigenvalue weighted by Gasteiger charge is -2.07. The van der Waals surface area contributed by atoms with Crippen LogP contribution < -0.4 is 0 Å². The third-order valence-corrected chi connectivity index (χ3v) is 2.60. The molecule has 0 aliphatic heterocycles. The van der Waals surface area contributed by atoms with Gasteiger partial charge in [-0.25, -0.2) is 0 Å². The van der Waals surface area contributed by atoms with Crippen LogP contribution in [0, 0.1) is 0 Å². The van der Waals surface area contributed by atoms with E-state index in [0.717, 1.165) is 14.5 Å². The van der Waals surface area contributed by atoms with Crippen molar-refractivity contribution >= 4 is 31.9 Å². The van der Waals surface area contributed by atoms with E-state index in [4.69, 9.17) is 0 Å². The Bertz CT molecular complexity index is 253. The Morgan fingerprint density at radius 1 is 1.25 bits per heavy atom. The van der Waals surface area contributed by atoms with Crippen LogP contribution in [-0.2, 0) is 0 Å². The first-order valence-corrected chi connectivity index (χ1v) is 5.24. The molecule has 1 rings (SSSR count). The summed E-state index contributed by atoms with van der Waals surface area (Å²) in [6.45, 7) is 1.55. The van der Waals surface area contributed by atoms with Gasteiger partial charge in [0.05, 0.1) is 6.67 Å². The van der Waals surface area contributed by atoms with Crippen molar-refractivity contribution in [1.82, 2.24) is 0 Å². The van der Waals surface area contributed by atoms with Gasteiger partial charge in [-0.15, -0.1) is 0 Å². The van der Waals surface area contributed by atoms with Crippen LogP contribution in [-0.4, -0.2) is 6.67 Å². The molecule has 0 aromatic heterocycles. The van der Waals surface area contributed by atoms with Gasteiger partial charge < -0.3 is 0 Å². The van der Waals surface area contributed by atoms with Crippen LogP contribution in [0.2, 0.25) is 0 Å². The average molecular weight is 296 g/mol. The molecule has 1 aromatic carbocycles. The summed E-state index contributed by atoms with van der Waals surface area (Å²) in [6, 6.07) is 5.82. The zero-order valence-corrected chi connectivity index (χ0v) is 9.82. The van der Waals surface area contributed by atoms with Gasteiger partial charge in [-0.2, -0.15) is 0 Å². The minimum absolute atomic E-state index is 0.0289. The van der Waals surface area contributed by atoms with E-state index in [0.29, 0.717) is 0 Å². The lowest BCUT2D eigenvalue weighted by Crippen LogP contribution is -1.94. The molecule has 0 radical (unpaired) electrons. The van der Waals surface area contributed by atoms with E-state index < -0.39 is 0 Å². The molecule has 12 heavy (non-hydrogen) atoms. The summed E-state index contributed by atoms with van der Waals surface area (Å²) in [6.07, 6.45) is 0. The Balaban J connectivity index is 3.00. The zero-order chi connectivity index (χ0) is 9.14. The van der Waals surface area contributed by atoms with E-state index in [1.165, 1.54) is 0 Å². The fourth-order valence-electron chi connectivity index (χ4n) is 0.949. The highest BCUT2D eigenvalue weighted by Gasteiger charge is 2.05. The smallest absolute Gasteiger partial charge is 0.0960 e. The van der Waals surface area contributed by atoms with Crippen LogP contribution >= 0.6 is 31.9 Å². The van der Waals surface area contributed by atoms with Gasteiger partial charge in [-0.3, -0.25) is 4.39 Å². The molecule has 0 aliphatic rings. The van der Waals surface area contributed by atoms with Crippen LogP contribution in [0.4, 0.5) is 4.39 Å². The van der Waals surface area contributed by atoms with Crippen LogP contribution in [0.25, 0.3) is 0 Å². The lowest BCUT2D eigenvalue weighted by atomic mass is 10.0. The summed E-state index contributed by atoms with van der Waals surface area (Å²) in [7, 11) is 0. The average Bonchev–Trinajstić information content (AvgIpc) is 2.01. The first-order chi connectivity index (χ1) is 5.63. The van der Waals surface area contributed by atoms with E-state index in [1.807, 2.05) is 25.1 Å². The lowest BCUT2D eigenvalue weighted by molar-refractivity contribution is 0.447. The Kier molecular flexibility index (Phi) is 3.72. The van der Waals surface area contributed by atoms with Crippen LogP contribution in [0.3, 0.4) is 0 Å².